The summed E-state index contributed by atoms with van der Waals surface area (Å²) in [5.41, 5.74) is 0.747. The Kier molecular flexibility index (Phi) is 6.04. The summed E-state index contributed by atoms with van der Waals surface area (Å²) < 4.78 is 5.43. The second-order valence-electron chi connectivity index (χ2n) is 4.19. The summed E-state index contributed by atoms with van der Waals surface area (Å²) in [7, 11) is 0. The van der Waals surface area contributed by atoms with Crippen molar-refractivity contribution in [1.82, 2.24) is 5.32 Å². The number of hydrogen-bond acceptors (Lipinski definition) is 4. The monoisotopic (exact) mass is 272 g/mol. The lowest BCUT2D eigenvalue weighted by Gasteiger charge is -2.09. The van der Waals surface area contributed by atoms with E-state index in [9.17, 15) is 10.1 Å². The highest BCUT2D eigenvalue weighted by atomic mass is 35.5. The molecular weight excluding hydrogens is 256 g/mol. The number of hydrogen-bond donors (Lipinski definition) is 1. The van der Waals surface area contributed by atoms with Crippen LogP contribution in [0.15, 0.2) is 18.2 Å². The molecule has 0 saturated heterocycles. The van der Waals surface area contributed by atoms with Gasteiger partial charge in [0.2, 0.25) is 0 Å². The molecule has 0 saturated carbocycles. The summed E-state index contributed by atoms with van der Waals surface area (Å²) >= 11 is 5.94. The maximum atomic E-state index is 10.5. The molecule has 6 heteroatoms. The fourth-order valence-electron chi connectivity index (χ4n) is 1.37. The van der Waals surface area contributed by atoms with Gasteiger partial charge in [-0.15, -0.1) is 0 Å². The molecule has 0 atom stereocenters. The predicted molar refractivity (Wildman–Crippen MR) is 70.9 cm³/mol. The van der Waals surface area contributed by atoms with E-state index in [2.05, 4.69) is 19.2 Å². The van der Waals surface area contributed by atoms with Gasteiger partial charge in [-0.1, -0.05) is 25.4 Å². The van der Waals surface area contributed by atoms with Gasteiger partial charge in [-0.3, -0.25) is 10.1 Å². The molecule has 0 fully saturated rings. The summed E-state index contributed by atoms with van der Waals surface area (Å²) in [4.78, 5) is 10.1. The van der Waals surface area contributed by atoms with E-state index in [1.165, 1.54) is 12.1 Å². The third-order valence-corrected chi connectivity index (χ3v) is 2.66. The van der Waals surface area contributed by atoms with Crippen molar-refractivity contribution in [3.8, 4) is 0 Å². The summed E-state index contributed by atoms with van der Waals surface area (Å²) in [5, 5.41) is 14.1. The normalized spacial score (nSPS) is 10.9. The molecule has 0 aliphatic rings. The zero-order valence-electron chi connectivity index (χ0n) is 10.5. The Labute approximate surface area is 111 Å². The van der Waals surface area contributed by atoms with E-state index in [4.69, 9.17) is 16.3 Å². The zero-order valence-corrected chi connectivity index (χ0v) is 11.2. The van der Waals surface area contributed by atoms with Crippen LogP contribution in [-0.2, 0) is 11.3 Å². The van der Waals surface area contributed by atoms with Crippen LogP contribution in [0.1, 0.15) is 19.4 Å². The van der Waals surface area contributed by atoms with E-state index in [0.29, 0.717) is 24.3 Å². The number of nitro groups is 1. The maximum absolute atomic E-state index is 10.5. The van der Waals surface area contributed by atoms with Crippen molar-refractivity contribution in [2.75, 3.05) is 13.2 Å². The fraction of sp³-hybridized carbons (Fsp3) is 0.500. The third-order valence-electron chi connectivity index (χ3n) is 2.30. The lowest BCUT2D eigenvalue weighted by Crippen LogP contribution is -2.26. The van der Waals surface area contributed by atoms with E-state index >= 15 is 0 Å². The van der Waals surface area contributed by atoms with Crippen LogP contribution in [-0.4, -0.2) is 24.1 Å². The number of rotatable bonds is 7. The molecule has 0 heterocycles. The van der Waals surface area contributed by atoms with Gasteiger partial charge >= 0.3 is 0 Å². The second kappa shape index (κ2) is 7.31. The number of nitrogens with one attached hydrogen (secondary N) is 1. The van der Waals surface area contributed by atoms with Crippen LogP contribution in [0.25, 0.3) is 0 Å². The molecule has 0 aliphatic heterocycles. The maximum Gasteiger partial charge on any atom is 0.270 e. The minimum atomic E-state index is -0.469. The summed E-state index contributed by atoms with van der Waals surface area (Å²) in [6.45, 7) is 5.82. The first-order valence-corrected chi connectivity index (χ1v) is 6.12. The van der Waals surface area contributed by atoms with Crippen LogP contribution in [0, 0.1) is 10.1 Å². The Balaban J connectivity index is 2.41. The number of non-ortho nitro benzene ring substituents is 1. The minimum absolute atomic E-state index is 0.00905. The van der Waals surface area contributed by atoms with Gasteiger partial charge in [-0.2, -0.15) is 0 Å². The molecule has 1 N–H and O–H groups in total. The van der Waals surface area contributed by atoms with Gasteiger partial charge < -0.3 is 10.1 Å². The van der Waals surface area contributed by atoms with Crippen molar-refractivity contribution in [2.24, 2.45) is 0 Å². The van der Waals surface area contributed by atoms with Gasteiger partial charge in [0.05, 0.1) is 23.2 Å². The van der Waals surface area contributed by atoms with Crippen molar-refractivity contribution in [1.29, 1.82) is 0 Å². The van der Waals surface area contributed by atoms with E-state index in [1.54, 1.807) is 6.07 Å². The van der Waals surface area contributed by atoms with Gasteiger partial charge in [0.1, 0.15) is 0 Å². The Hall–Kier alpha value is -1.17. The number of benzene rings is 1. The second-order valence-corrected chi connectivity index (χ2v) is 4.60. The highest BCUT2D eigenvalue weighted by Crippen LogP contribution is 2.22. The number of nitro benzene ring substituents is 1. The lowest BCUT2D eigenvalue weighted by atomic mass is 10.2. The van der Waals surface area contributed by atoms with E-state index in [-0.39, 0.29) is 5.69 Å². The van der Waals surface area contributed by atoms with Crippen LogP contribution in [0.4, 0.5) is 5.69 Å². The summed E-state index contributed by atoms with van der Waals surface area (Å²) in [6.07, 6.45) is 0. The number of halogens is 1. The lowest BCUT2D eigenvalue weighted by molar-refractivity contribution is -0.384. The molecule has 0 aliphatic carbocycles. The van der Waals surface area contributed by atoms with Crippen molar-refractivity contribution in [2.45, 2.75) is 26.5 Å². The molecule has 0 unspecified atom stereocenters. The first-order chi connectivity index (χ1) is 8.50. The van der Waals surface area contributed by atoms with Crippen LogP contribution in [0.2, 0.25) is 5.02 Å². The number of nitrogens with zero attached hydrogens (tertiary/aromatic N) is 1. The topological polar surface area (TPSA) is 64.4 Å². The largest absolute Gasteiger partial charge is 0.375 e. The Bertz CT molecular complexity index is 410. The molecule has 0 amide bonds. The van der Waals surface area contributed by atoms with E-state index < -0.39 is 4.92 Å². The van der Waals surface area contributed by atoms with Crippen LogP contribution < -0.4 is 5.32 Å². The SMILES string of the molecule is CC(C)NCCOCc1ccc([N+](=O)[O-])cc1Cl. The van der Waals surface area contributed by atoms with Gasteiger partial charge in [0.15, 0.2) is 0 Å². The first-order valence-electron chi connectivity index (χ1n) is 5.74. The van der Waals surface area contributed by atoms with Crippen LogP contribution in [0.5, 0.6) is 0 Å². The molecule has 0 bridgehead atoms. The molecule has 5 nitrogen and oxygen atoms in total. The van der Waals surface area contributed by atoms with Gasteiger partial charge in [-0.25, -0.2) is 0 Å². The molecule has 18 heavy (non-hydrogen) atoms. The quantitative estimate of drug-likeness (QED) is 0.471. The minimum Gasteiger partial charge on any atom is -0.375 e. The zero-order chi connectivity index (χ0) is 13.5. The van der Waals surface area contributed by atoms with Gasteiger partial charge in [-0.05, 0) is 11.6 Å². The highest BCUT2D eigenvalue weighted by molar-refractivity contribution is 6.31. The highest BCUT2D eigenvalue weighted by Gasteiger charge is 2.09. The third kappa shape index (κ3) is 5.00. The summed E-state index contributed by atoms with van der Waals surface area (Å²) in [5.74, 6) is 0. The van der Waals surface area contributed by atoms with Crippen molar-refractivity contribution < 1.29 is 9.66 Å². The van der Waals surface area contributed by atoms with Gasteiger partial charge in [0, 0.05) is 24.7 Å². The summed E-state index contributed by atoms with van der Waals surface area (Å²) in [6, 6.07) is 4.82. The standard InChI is InChI=1S/C12H17ClN2O3/c1-9(2)14-5-6-18-8-10-3-4-11(15(16)17)7-12(10)13/h3-4,7,9,14H,5-6,8H2,1-2H3. The molecule has 0 spiro atoms. The molecule has 1 aromatic rings. The predicted octanol–water partition coefficient (Wildman–Crippen LogP) is 2.76. The average Bonchev–Trinajstić information content (AvgIpc) is 2.29. The molecule has 1 aromatic carbocycles. The Morgan fingerprint density at radius 3 is 2.78 bits per heavy atom. The van der Waals surface area contributed by atoms with Crippen molar-refractivity contribution in [3.05, 3.63) is 38.9 Å². The first kappa shape index (κ1) is 14.9. The molecular formula is C12H17ClN2O3. The smallest absolute Gasteiger partial charge is 0.270 e. The van der Waals surface area contributed by atoms with Crippen molar-refractivity contribution >= 4 is 17.3 Å². The molecule has 100 valence electrons. The fourth-order valence-corrected chi connectivity index (χ4v) is 1.60. The van der Waals surface area contributed by atoms with E-state index in [1.807, 2.05) is 0 Å². The molecule has 0 radical (unpaired) electrons. The number of ether oxygens (including phenoxy) is 1. The Morgan fingerprint density at radius 2 is 2.22 bits per heavy atom. The van der Waals surface area contributed by atoms with Gasteiger partial charge in [0.25, 0.3) is 5.69 Å². The average molecular weight is 273 g/mol. The van der Waals surface area contributed by atoms with E-state index in [0.717, 1.165) is 12.1 Å². The van der Waals surface area contributed by atoms with Crippen molar-refractivity contribution in [3.63, 3.8) is 0 Å². The molecule has 0 aromatic heterocycles. The van der Waals surface area contributed by atoms with Crippen LogP contribution in [0.3, 0.4) is 0 Å². The Morgan fingerprint density at radius 1 is 1.50 bits per heavy atom. The van der Waals surface area contributed by atoms with Crippen LogP contribution >= 0.6 is 11.6 Å². The molecule has 1 rings (SSSR count).